The normalized spacial score (nSPS) is 11.0. The Balaban J connectivity index is 2.60. The molecule has 0 amide bonds. The van der Waals surface area contributed by atoms with Gasteiger partial charge in [0.05, 0.1) is 12.0 Å². The number of hydrogen-bond donors (Lipinski definition) is 0. The van der Waals surface area contributed by atoms with E-state index in [-0.39, 0.29) is 30.3 Å². The molecule has 0 atom stereocenters. The van der Waals surface area contributed by atoms with Crippen LogP contribution in [-0.4, -0.2) is 27.9 Å². The van der Waals surface area contributed by atoms with E-state index >= 15 is 0 Å². The Morgan fingerprint density at radius 2 is 2.00 bits per heavy atom. The summed E-state index contributed by atoms with van der Waals surface area (Å²) in [6, 6.07) is 1.65. The number of carbonyl (C=O) groups is 2. The predicted molar refractivity (Wildman–Crippen MR) is 91.2 cm³/mol. The van der Waals surface area contributed by atoms with E-state index < -0.39 is 11.4 Å². The van der Waals surface area contributed by atoms with Crippen LogP contribution in [0.4, 0.5) is 0 Å². The number of pyridine rings is 2. The van der Waals surface area contributed by atoms with Crippen molar-refractivity contribution in [2.75, 3.05) is 6.61 Å². The first-order valence-corrected chi connectivity index (χ1v) is 8.10. The van der Waals surface area contributed by atoms with Crippen molar-refractivity contribution in [1.82, 2.24) is 9.55 Å². The van der Waals surface area contributed by atoms with E-state index in [1.807, 2.05) is 20.8 Å². The second kappa shape index (κ2) is 7.38. The fourth-order valence-electron chi connectivity index (χ4n) is 2.41. The summed E-state index contributed by atoms with van der Waals surface area (Å²) in [7, 11) is 0. The van der Waals surface area contributed by atoms with Crippen LogP contribution in [0.1, 0.15) is 43.6 Å². The molecule has 0 unspecified atom stereocenters. The van der Waals surface area contributed by atoms with Crippen molar-refractivity contribution in [3.05, 3.63) is 39.8 Å². The van der Waals surface area contributed by atoms with Crippen molar-refractivity contribution in [1.29, 1.82) is 0 Å². The third kappa shape index (κ3) is 3.53. The average Bonchev–Trinajstić information content (AvgIpc) is 2.55. The Morgan fingerprint density at radius 3 is 2.58 bits per heavy atom. The van der Waals surface area contributed by atoms with Gasteiger partial charge in [0, 0.05) is 31.3 Å². The van der Waals surface area contributed by atoms with E-state index in [4.69, 9.17) is 4.74 Å². The third-order valence-electron chi connectivity index (χ3n) is 3.83. The molecule has 2 rings (SSSR count). The molecule has 0 aliphatic rings. The molecular weight excluding hydrogens is 308 g/mol. The van der Waals surface area contributed by atoms with Crippen molar-refractivity contribution >= 4 is 22.8 Å². The van der Waals surface area contributed by atoms with Crippen LogP contribution in [0.2, 0.25) is 0 Å². The minimum Gasteiger partial charge on any atom is -0.462 e. The Morgan fingerprint density at radius 1 is 1.29 bits per heavy atom. The van der Waals surface area contributed by atoms with E-state index in [0.29, 0.717) is 23.1 Å². The van der Waals surface area contributed by atoms with Gasteiger partial charge in [0.25, 0.3) is 0 Å². The second-order valence-electron chi connectivity index (χ2n) is 5.89. The van der Waals surface area contributed by atoms with Crippen molar-refractivity contribution < 1.29 is 14.3 Å². The number of aryl methyl sites for hydroxylation is 1. The van der Waals surface area contributed by atoms with Gasteiger partial charge in [-0.25, -0.2) is 9.78 Å². The Kier molecular flexibility index (Phi) is 5.49. The summed E-state index contributed by atoms with van der Waals surface area (Å²) >= 11 is 0. The number of ketones is 1. The average molecular weight is 330 g/mol. The van der Waals surface area contributed by atoms with Crippen LogP contribution < -0.4 is 5.43 Å². The largest absolute Gasteiger partial charge is 0.462 e. The summed E-state index contributed by atoms with van der Waals surface area (Å²) in [5, 5.41) is 0.330. The van der Waals surface area contributed by atoms with Crippen LogP contribution in [0.3, 0.4) is 0 Å². The fourth-order valence-corrected chi connectivity index (χ4v) is 2.41. The van der Waals surface area contributed by atoms with Crippen LogP contribution in [0.15, 0.2) is 23.3 Å². The lowest BCUT2D eigenvalue weighted by atomic mass is 10.0. The van der Waals surface area contributed by atoms with Crippen molar-refractivity contribution in [2.24, 2.45) is 5.92 Å². The summed E-state index contributed by atoms with van der Waals surface area (Å²) in [4.78, 5) is 40.9. The molecule has 0 aromatic carbocycles. The predicted octanol–water partition coefficient (Wildman–Crippen LogP) is 2.36. The van der Waals surface area contributed by atoms with Gasteiger partial charge in [-0.2, -0.15) is 0 Å². The van der Waals surface area contributed by atoms with Gasteiger partial charge in [-0.3, -0.25) is 9.59 Å². The SMILES string of the molecule is CCOC(=O)c1cn(CC)c2ncc(CC(=O)C(C)C)cc2c1=O. The van der Waals surface area contributed by atoms with Gasteiger partial charge >= 0.3 is 5.97 Å². The summed E-state index contributed by atoms with van der Waals surface area (Å²) in [6.07, 6.45) is 3.31. The maximum atomic E-state index is 12.6. The molecule has 6 nitrogen and oxygen atoms in total. The van der Waals surface area contributed by atoms with Crippen LogP contribution in [0.5, 0.6) is 0 Å². The number of nitrogens with zero attached hydrogens (tertiary/aromatic N) is 2. The van der Waals surface area contributed by atoms with E-state index in [0.717, 1.165) is 0 Å². The monoisotopic (exact) mass is 330 g/mol. The molecule has 2 aromatic heterocycles. The fraction of sp³-hybridized carbons (Fsp3) is 0.444. The summed E-state index contributed by atoms with van der Waals surface area (Å²) in [5.41, 5.74) is 0.734. The van der Waals surface area contributed by atoms with Crippen LogP contribution in [-0.2, 0) is 22.5 Å². The standard InChI is InChI=1S/C18H22N2O4/c1-5-20-10-14(18(23)24-6-2)16(22)13-7-12(9-19-17(13)20)8-15(21)11(3)4/h7,9-11H,5-6,8H2,1-4H3. The van der Waals surface area contributed by atoms with Crippen molar-refractivity contribution in [3.63, 3.8) is 0 Å². The molecule has 2 heterocycles. The number of Topliss-reactive ketones (excluding diaryl/α,β-unsaturated/α-hetero) is 1. The number of rotatable bonds is 6. The van der Waals surface area contributed by atoms with Gasteiger partial charge in [-0.1, -0.05) is 13.8 Å². The van der Waals surface area contributed by atoms with E-state index in [9.17, 15) is 14.4 Å². The minimum absolute atomic E-state index is 0.0136. The molecule has 0 aliphatic heterocycles. The zero-order valence-corrected chi connectivity index (χ0v) is 14.5. The van der Waals surface area contributed by atoms with Crippen LogP contribution in [0, 0.1) is 5.92 Å². The number of esters is 1. The summed E-state index contributed by atoms with van der Waals surface area (Å²) in [6.45, 7) is 8.01. The highest BCUT2D eigenvalue weighted by molar-refractivity contribution is 5.93. The van der Waals surface area contributed by atoms with Gasteiger partial charge in [-0.05, 0) is 25.5 Å². The van der Waals surface area contributed by atoms with Gasteiger partial charge in [-0.15, -0.1) is 0 Å². The van der Waals surface area contributed by atoms with Crippen LogP contribution in [0.25, 0.3) is 11.0 Å². The van der Waals surface area contributed by atoms with Gasteiger partial charge in [0.1, 0.15) is 17.0 Å². The number of aromatic nitrogens is 2. The highest BCUT2D eigenvalue weighted by Gasteiger charge is 2.18. The molecule has 0 N–H and O–H groups in total. The first-order valence-electron chi connectivity index (χ1n) is 8.10. The molecule has 0 bridgehead atoms. The Labute approximate surface area is 140 Å². The maximum Gasteiger partial charge on any atom is 0.343 e. The summed E-state index contributed by atoms with van der Waals surface area (Å²) < 4.78 is 6.69. The molecule has 0 saturated heterocycles. The molecular formula is C18H22N2O4. The lowest BCUT2D eigenvalue weighted by Crippen LogP contribution is -2.21. The number of fused-ring (bicyclic) bond motifs is 1. The van der Waals surface area contributed by atoms with Crippen molar-refractivity contribution in [3.8, 4) is 0 Å². The Bertz CT molecular complexity index is 837. The quantitative estimate of drug-likeness (QED) is 0.760. The van der Waals surface area contributed by atoms with E-state index in [1.54, 1.807) is 23.8 Å². The molecule has 0 radical (unpaired) electrons. The van der Waals surface area contributed by atoms with Crippen molar-refractivity contribution in [2.45, 2.75) is 40.7 Å². The molecule has 2 aromatic rings. The second-order valence-corrected chi connectivity index (χ2v) is 5.89. The first kappa shape index (κ1) is 17.8. The molecule has 0 spiro atoms. The minimum atomic E-state index is -0.643. The molecule has 0 aliphatic carbocycles. The number of ether oxygens (including phenoxy) is 1. The molecule has 0 saturated carbocycles. The molecule has 6 heteroatoms. The Hall–Kier alpha value is -2.50. The zero-order valence-electron chi connectivity index (χ0n) is 14.5. The highest BCUT2D eigenvalue weighted by atomic mass is 16.5. The lowest BCUT2D eigenvalue weighted by molar-refractivity contribution is -0.121. The smallest absolute Gasteiger partial charge is 0.343 e. The van der Waals surface area contributed by atoms with Gasteiger partial charge < -0.3 is 9.30 Å². The zero-order chi connectivity index (χ0) is 17.9. The van der Waals surface area contributed by atoms with Gasteiger partial charge in [0.15, 0.2) is 0 Å². The maximum absolute atomic E-state index is 12.6. The summed E-state index contributed by atoms with van der Waals surface area (Å²) in [5.74, 6) is -0.650. The topological polar surface area (TPSA) is 78.3 Å². The molecule has 128 valence electrons. The first-order chi connectivity index (χ1) is 11.4. The van der Waals surface area contributed by atoms with Gasteiger partial charge in [0.2, 0.25) is 5.43 Å². The van der Waals surface area contributed by atoms with Crippen LogP contribution >= 0.6 is 0 Å². The third-order valence-corrected chi connectivity index (χ3v) is 3.83. The lowest BCUT2D eigenvalue weighted by Gasteiger charge is -2.11. The molecule has 24 heavy (non-hydrogen) atoms. The van der Waals surface area contributed by atoms with E-state index in [2.05, 4.69) is 4.98 Å². The van der Waals surface area contributed by atoms with E-state index in [1.165, 1.54) is 6.20 Å². The number of hydrogen-bond acceptors (Lipinski definition) is 5. The molecule has 0 fully saturated rings. The highest BCUT2D eigenvalue weighted by Crippen LogP contribution is 2.14. The number of carbonyl (C=O) groups excluding carboxylic acids is 2.